The second kappa shape index (κ2) is 10.6. The maximum atomic E-state index is 12.4. The molecule has 1 saturated heterocycles. The summed E-state index contributed by atoms with van der Waals surface area (Å²) in [5.41, 5.74) is 7.10. The lowest BCUT2D eigenvalue weighted by Crippen LogP contribution is -2.53. The van der Waals surface area contributed by atoms with Crippen LogP contribution in [0.3, 0.4) is 0 Å². The lowest BCUT2D eigenvalue weighted by molar-refractivity contribution is -0.133. The number of piperazine rings is 1. The highest BCUT2D eigenvalue weighted by atomic mass is 35.5. The smallest absolute Gasteiger partial charge is 0.239 e. The van der Waals surface area contributed by atoms with Gasteiger partial charge in [0, 0.05) is 26.2 Å². The van der Waals surface area contributed by atoms with Crippen LogP contribution in [-0.4, -0.2) is 50.1 Å². The van der Waals surface area contributed by atoms with Crippen molar-refractivity contribution >= 4 is 36.4 Å². The number of nitrogens with zero attached hydrogens (tertiary/aromatic N) is 2. The maximum Gasteiger partial charge on any atom is 0.239 e. The summed E-state index contributed by atoms with van der Waals surface area (Å²) in [6.07, 6.45) is 0.742. The van der Waals surface area contributed by atoms with Gasteiger partial charge in [-0.1, -0.05) is 26.0 Å². The van der Waals surface area contributed by atoms with Crippen LogP contribution in [0.4, 0.5) is 5.69 Å². The molecule has 1 aromatic carbocycles. The normalized spacial score (nSPS) is 15.4. The topological polar surface area (TPSA) is 58.8 Å². The van der Waals surface area contributed by atoms with E-state index in [9.17, 15) is 4.79 Å². The molecule has 0 aromatic heterocycles. The fourth-order valence-corrected chi connectivity index (χ4v) is 2.90. The minimum Gasteiger partial charge on any atom is -0.495 e. The molecule has 0 aliphatic carbocycles. The third kappa shape index (κ3) is 5.72. The van der Waals surface area contributed by atoms with Crippen molar-refractivity contribution in [2.75, 3.05) is 38.2 Å². The first-order valence-corrected chi connectivity index (χ1v) is 7.95. The van der Waals surface area contributed by atoms with E-state index < -0.39 is 0 Å². The fraction of sp³-hybridized carbons (Fsp3) is 0.588. The van der Waals surface area contributed by atoms with Crippen LogP contribution in [0.2, 0.25) is 0 Å². The molecule has 0 unspecified atom stereocenters. The van der Waals surface area contributed by atoms with E-state index in [1.807, 2.05) is 23.1 Å². The van der Waals surface area contributed by atoms with Crippen molar-refractivity contribution in [1.29, 1.82) is 0 Å². The molecule has 138 valence electrons. The Morgan fingerprint density at radius 2 is 1.75 bits per heavy atom. The highest BCUT2D eigenvalue weighted by molar-refractivity contribution is 5.85. The lowest BCUT2D eigenvalue weighted by Gasteiger charge is -2.37. The summed E-state index contributed by atoms with van der Waals surface area (Å²) in [6.45, 7) is 7.21. The van der Waals surface area contributed by atoms with Gasteiger partial charge in [0.15, 0.2) is 0 Å². The molecule has 0 spiro atoms. The van der Waals surface area contributed by atoms with Gasteiger partial charge >= 0.3 is 0 Å². The molecule has 0 saturated carbocycles. The molecule has 0 bridgehead atoms. The second-order valence-corrected chi connectivity index (χ2v) is 6.22. The minimum absolute atomic E-state index is 0. The predicted octanol–water partition coefficient (Wildman–Crippen LogP) is 2.56. The first kappa shape index (κ1) is 22.8. The summed E-state index contributed by atoms with van der Waals surface area (Å²) in [4.78, 5) is 16.5. The maximum absolute atomic E-state index is 12.4. The lowest BCUT2D eigenvalue weighted by atomic mass is 10.0. The number of amides is 1. The molecular formula is C17H29Cl2N3O2. The summed E-state index contributed by atoms with van der Waals surface area (Å²) < 4.78 is 5.41. The van der Waals surface area contributed by atoms with E-state index in [1.165, 1.54) is 0 Å². The number of anilines is 1. The first-order valence-electron chi connectivity index (χ1n) is 7.95. The van der Waals surface area contributed by atoms with E-state index in [1.54, 1.807) is 7.11 Å². The van der Waals surface area contributed by atoms with Gasteiger partial charge in [0.25, 0.3) is 0 Å². The SMILES string of the molecule is COc1ccccc1N1CCN(C(=O)[C@@H](N)CC(C)C)CC1.Cl.Cl. The van der Waals surface area contributed by atoms with Gasteiger partial charge in [0.2, 0.25) is 5.91 Å². The van der Waals surface area contributed by atoms with Crippen molar-refractivity contribution < 1.29 is 9.53 Å². The molecule has 1 fully saturated rings. The summed E-state index contributed by atoms with van der Waals surface area (Å²) >= 11 is 0. The van der Waals surface area contributed by atoms with Crippen LogP contribution >= 0.6 is 24.8 Å². The van der Waals surface area contributed by atoms with E-state index in [2.05, 4.69) is 24.8 Å². The van der Waals surface area contributed by atoms with Crippen molar-refractivity contribution in [3.8, 4) is 5.75 Å². The summed E-state index contributed by atoms with van der Waals surface area (Å²) in [5.74, 6) is 1.39. The zero-order valence-electron chi connectivity index (χ0n) is 14.6. The van der Waals surface area contributed by atoms with Crippen molar-refractivity contribution in [1.82, 2.24) is 4.90 Å². The molecule has 1 atom stereocenters. The monoisotopic (exact) mass is 377 g/mol. The molecule has 0 radical (unpaired) electrons. The van der Waals surface area contributed by atoms with Crippen molar-refractivity contribution in [3.63, 3.8) is 0 Å². The van der Waals surface area contributed by atoms with Gasteiger partial charge in [-0.3, -0.25) is 4.79 Å². The van der Waals surface area contributed by atoms with Crippen LogP contribution in [-0.2, 0) is 4.79 Å². The summed E-state index contributed by atoms with van der Waals surface area (Å²) in [5, 5.41) is 0. The molecule has 7 heteroatoms. The fourth-order valence-electron chi connectivity index (χ4n) is 2.90. The largest absolute Gasteiger partial charge is 0.495 e. The molecule has 1 amide bonds. The van der Waals surface area contributed by atoms with Gasteiger partial charge in [0.05, 0.1) is 18.8 Å². The Hall–Kier alpha value is -1.17. The number of carbonyl (C=O) groups excluding carboxylic acids is 1. The Bertz CT molecular complexity index is 506. The van der Waals surface area contributed by atoms with Crippen LogP contribution in [0.15, 0.2) is 24.3 Å². The Kier molecular flexibility index (Phi) is 10.1. The Balaban J connectivity index is 0.00000264. The van der Waals surface area contributed by atoms with E-state index >= 15 is 0 Å². The van der Waals surface area contributed by atoms with E-state index in [0.717, 1.165) is 30.9 Å². The Morgan fingerprint density at radius 3 is 2.29 bits per heavy atom. The van der Waals surface area contributed by atoms with Gasteiger partial charge < -0.3 is 20.3 Å². The minimum atomic E-state index is -0.377. The van der Waals surface area contributed by atoms with E-state index in [0.29, 0.717) is 19.0 Å². The van der Waals surface area contributed by atoms with Gasteiger partial charge in [-0.2, -0.15) is 0 Å². The molecule has 1 aliphatic heterocycles. The molecular weight excluding hydrogens is 349 g/mol. The zero-order chi connectivity index (χ0) is 16.1. The third-order valence-electron chi connectivity index (χ3n) is 4.06. The number of halogens is 2. The second-order valence-electron chi connectivity index (χ2n) is 6.22. The summed E-state index contributed by atoms with van der Waals surface area (Å²) in [7, 11) is 1.68. The van der Waals surface area contributed by atoms with Gasteiger partial charge in [-0.15, -0.1) is 24.8 Å². The van der Waals surface area contributed by atoms with Gasteiger partial charge in [0.1, 0.15) is 5.75 Å². The van der Waals surface area contributed by atoms with Crippen LogP contribution in [0.25, 0.3) is 0 Å². The molecule has 24 heavy (non-hydrogen) atoms. The molecule has 1 heterocycles. The van der Waals surface area contributed by atoms with Crippen LogP contribution in [0.1, 0.15) is 20.3 Å². The Morgan fingerprint density at radius 1 is 1.17 bits per heavy atom. The van der Waals surface area contributed by atoms with Crippen molar-refractivity contribution in [2.45, 2.75) is 26.3 Å². The van der Waals surface area contributed by atoms with Crippen molar-refractivity contribution in [2.24, 2.45) is 11.7 Å². The molecule has 5 nitrogen and oxygen atoms in total. The molecule has 2 rings (SSSR count). The number of carbonyl (C=O) groups is 1. The average molecular weight is 378 g/mol. The van der Waals surface area contributed by atoms with E-state index in [-0.39, 0.29) is 36.8 Å². The number of hydrogen-bond acceptors (Lipinski definition) is 4. The number of methoxy groups -OCH3 is 1. The first-order chi connectivity index (χ1) is 10.5. The van der Waals surface area contributed by atoms with E-state index in [4.69, 9.17) is 10.5 Å². The predicted molar refractivity (Wildman–Crippen MR) is 104 cm³/mol. The molecule has 1 aliphatic rings. The van der Waals surface area contributed by atoms with Crippen LogP contribution in [0.5, 0.6) is 5.75 Å². The number of rotatable bonds is 5. The van der Waals surface area contributed by atoms with Gasteiger partial charge in [-0.25, -0.2) is 0 Å². The number of hydrogen-bond donors (Lipinski definition) is 1. The Labute approximate surface area is 157 Å². The van der Waals surface area contributed by atoms with Crippen LogP contribution in [0, 0.1) is 5.92 Å². The highest BCUT2D eigenvalue weighted by Gasteiger charge is 2.26. The standard InChI is InChI=1S/C17H27N3O2.2ClH/c1-13(2)12-14(18)17(21)20-10-8-19(9-11-20)15-6-4-5-7-16(15)22-3;;/h4-7,13-14H,8-12,18H2,1-3H3;2*1H/t14-;;/m0../s1. The summed E-state index contributed by atoms with van der Waals surface area (Å²) in [6, 6.07) is 7.62. The highest BCUT2D eigenvalue weighted by Crippen LogP contribution is 2.28. The molecule has 2 N–H and O–H groups in total. The number of para-hydroxylation sites is 2. The molecule has 1 aromatic rings. The van der Waals surface area contributed by atoms with Crippen LogP contribution < -0.4 is 15.4 Å². The van der Waals surface area contributed by atoms with Gasteiger partial charge in [-0.05, 0) is 24.5 Å². The number of nitrogens with two attached hydrogens (primary N) is 1. The number of ether oxygens (including phenoxy) is 1. The third-order valence-corrected chi connectivity index (χ3v) is 4.06. The quantitative estimate of drug-likeness (QED) is 0.856. The average Bonchev–Trinajstić information content (AvgIpc) is 2.53. The number of benzene rings is 1. The zero-order valence-corrected chi connectivity index (χ0v) is 16.2. The van der Waals surface area contributed by atoms with Crippen molar-refractivity contribution in [3.05, 3.63) is 24.3 Å².